The molecule has 0 aliphatic rings. The molecule has 0 fully saturated rings. The third kappa shape index (κ3) is 4.94. The van der Waals surface area contributed by atoms with Crippen LogP contribution in [0.1, 0.15) is 38.9 Å². The Balaban J connectivity index is 0.00000256. The van der Waals surface area contributed by atoms with Gasteiger partial charge in [0.05, 0.1) is 6.10 Å². The second kappa shape index (κ2) is 6.24. The van der Waals surface area contributed by atoms with Crippen LogP contribution in [0.4, 0.5) is 0 Å². The first-order valence-electron chi connectivity index (χ1n) is 5.53. The third-order valence-corrected chi connectivity index (χ3v) is 2.87. The lowest BCUT2D eigenvalue weighted by atomic mass is 9.83. The summed E-state index contributed by atoms with van der Waals surface area (Å²) in [4.78, 5) is 0. The van der Waals surface area contributed by atoms with Crippen molar-refractivity contribution >= 4 is 12.4 Å². The first-order valence-corrected chi connectivity index (χ1v) is 5.53. The van der Waals surface area contributed by atoms with E-state index in [4.69, 9.17) is 10.8 Å². The van der Waals surface area contributed by atoms with Crippen LogP contribution in [-0.4, -0.2) is 16.3 Å². The highest BCUT2D eigenvalue weighted by Gasteiger charge is 2.23. The lowest BCUT2D eigenvalue weighted by Crippen LogP contribution is -2.36. The molecule has 0 saturated heterocycles. The SMILES string of the molecule is CC(C)(C)[C@H](N)C[C@H](O)c1ccc(O)cc1.Cl. The van der Waals surface area contributed by atoms with E-state index in [9.17, 15) is 5.11 Å². The van der Waals surface area contributed by atoms with Crippen LogP contribution in [0, 0.1) is 5.41 Å². The first kappa shape index (κ1) is 16.2. The van der Waals surface area contributed by atoms with Crippen molar-refractivity contribution in [1.82, 2.24) is 0 Å². The standard InChI is InChI=1S/C13H21NO2.ClH/c1-13(2,3)12(14)8-11(16)9-4-6-10(15)7-5-9;/h4-7,11-12,15-16H,8,14H2,1-3H3;1H/t11-,12+;/m0./s1. The van der Waals surface area contributed by atoms with Crippen LogP contribution < -0.4 is 5.73 Å². The zero-order valence-electron chi connectivity index (χ0n) is 10.6. The van der Waals surface area contributed by atoms with Gasteiger partial charge in [-0.1, -0.05) is 32.9 Å². The predicted molar refractivity (Wildman–Crippen MR) is 72.4 cm³/mol. The summed E-state index contributed by atoms with van der Waals surface area (Å²) in [5, 5.41) is 19.1. The molecular formula is C13H22ClNO2. The second-order valence-corrected chi connectivity index (χ2v) is 5.32. The summed E-state index contributed by atoms with van der Waals surface area (Å²) in [5.74, 6) is 0.205. The molecule has 98 valence electrons. The number of aliphatic hydroxyl groups excluding tert-OH is 1. The summed E-state index contributed by atoms with van der Waals surface area (Å²) in [6, 6.07) is 6.52. The lowest BCUT2D eigenvalue weighted by molar-refractivity contribution is 0.133. The summed E-state index contributed by atoms with van der Waals surface area (Å²) in [6.45, 7) is 6.17. The Morgan fingerprint density at radius 2 is 1.65 bits per heavy atom. The fourth-order valence-corrected chi connectivity index (χ4v) is 1.43. The highest BCUT2D eigenvalue weighted by atomic mass is 35.5. The number of nitrogens with two attached hydrogens (primary N) is 1. The topological polar surface area (TPSA) is 66.5 Å². The Labute approximate surface area is 109 Å². The smallest absolute Gasteiger partial charge is 0.115 e. The van der Waals surface area contributed by atoms with E-state index in [2.05, 4.69) is 20.8 Å². The Hall–Kier alpha value is -0.770. The first-order chi connectivity index (χ1) is 7.30. The number of hydrogen-bond acceptors (Lipinski definition) is 3. The van der Waals surface area contributed by atoms with Gasteiger partial charge in [-0.05, 0) is 29.5 Å². The molecule has 0 radical (unpaired) electrons. The molecule has 0 unspecified atom stereocenters. The van der Waals surface area contributed by atoms with Crippen molar-refractivity contribution in [3.05, 3.63) is 29.8 Å². The molecular weight excluding hydrogens is 238 g/mol. The number of aromatic hydroxyl groups is 1. The van der Waals surface area contributed by atoms with Crippen molar-refractivity contribution in [2.75, 3.05) is 0 Å². The summed E-state index contributed by atoms with van der Waals surface area (Å²) in [7, 11) is 0. The average Bonchev–Trinajstić information content (AvgIpc) is 2.17. The van der Waals surface area contributed by atoms with Gasteiger partial charge in [0, 0.05) is 6.04 Å². The Bertz CT molecular complexity index is 332. The van der Waals surface area contributed by atoms with E-state index >= 15 is 0 Å². The molecule has 0 aromatic heterocycles. The van der Waals surface area contributed by atoms with Crippen LogP contribution in [0.15, 0.2) is 24.3 Å². The van der Waals surface area contributed by atoms with Gasteiger partial charge >= 0.3 is 0 Å². The lowest BCUT2D eigenvalue weighted by Gasteiger charge is -2.29. The van der Waals surface area contributed by atoms with Crippen molar-refractivity contribution in [1.29, 1.82) is 0 Å². The van der Waals surface area contributed by atoms with E-state index in [1.165, 1.54) is 0 Å². The fourth-order valence-electron chi connectivity index (χ4n) is 1.43. The molecule has 0 aliphatic carbocycles. The van der Waals surface area contributed by atoms with Crippen LogP contribution in [0.5, 0.6) is 5.75 Å². The molecule has 0 heterocycles. The van der Waals surface area contributed by atoms with Gasteiger partial charge in [0.2, 0.25) is 0 Å². The van der Waals surface area contributed by atoms with Crippen LogP contribution in [-0.2, 0) is 0 Å². The number of benzene rings is 1. The Kier molecular flexibility index (Phi) is 5.96. The van der Waals surface area contributed by atoms with E-state index in [0.29, 0.717) is 6.42 Å². The molecule has 3 nitrogen and oxygen atoms in total. The van der Waals surface area contributed by atoms with Crippen molar-refractivity contribution < 1.29 is 10.2 Å². The summed E-state index contributed by atoms with van der Waals surface area (Å²) >= 11 is 0. The molecule has 1 rings (SSSR count). The van der Waals surface area contributed by atoms with Crippen LogP contribution in [0.25, 0.3) is 0 Å². The van der Waals surface area contributed by atoms with Crippen LogP contribution in [0.2, 0.25) is 0 Å². The molecule has 0 bridgehead atoms. The van der Waals surface area contributed by atoms with Crippen molar-refractivity contribution in [2.45, 2.75) is 39.3 Å². The Morgan fingerprint density at radius 3 is 2.06 bits per heavy atom. The molecule has 4 heteroatoms. The second-order valence-electron chi connectivity index (χ2n) is 5.32. The Morgan fingerprint density at radius 1 is 1.18 bits per heavy atom. The molecule has 0 saturated carbocycles. The summed E-state index contributed by atoms with van der Waals surface area (Å²) < 4.78 is 0. The maximum absolute atomic E-state index is 9.98. The van der Waals surface area contributed by atoms with E-state index < -0.39 is 6.10 Å². The van der Waals surface area contributed by atoms with Crippen LogP contribution >= 0.6 is 12.4 Å². The van der Waals surface area contributed by atoms with Gasteiger partial charge in [0.15, 0.2) is 0 Å². The van der Waals surface area contributed by atoms with E-state index in [0.717, 1.165) is 5.56 Å². The highest BCUT2D eigenvalue weighted by molar-refractivity contribution is 5.85. The molecule has 0 amide bonds. The van der Waals surface area contributed by atoms with Gasteiger partial charge in [0.1, 0.15) is 5.75 Å². The largest absolute Gasteiger partial charge is 0.508 e. The third-order valence-electron chi connectivity index (χ3n) is 2.87. The van der Waals surface area contributed by atoms with Gasteiger partial charge in [-0.15, -0.1) is 12.4 Å². The minimum Gasteiger partial charge on any atom is -0.508 e. The van der Waals surface area contributed by atoms with E-state index in [1.54, 1.807) is 24.3 Å². The molecule has 1 aromatic rings. The average molecular weight is 260 g/mol. The zero-order valence-corrected chi connectivity index (χ0v) is 11.4. The number of hydrogen-bond donors (Lipinski definition) is 3. The highest BCUT2D eigenvalue weighted by Crippen LogP contribution is 2.27. The van der Waals surface area contributed by atoms with Gasteiger partial charge in [-0.25, -0.2) is 0 Å². The normalized spacial score (nSPS) is 14.9. The van der Waals surface area contributed by atoms with Gasteiger partial charge in [-0.2, -0.15) is 0 Å². The van der Waals surface area contributed by atoms with Gasteiger partial charge < -0.3 is 15.9 Å². The zero-order chi connectivity index (χ0) is 12.3. The minimum atomic E-state index is -0.574. The quantitative estimate of drug-likeness (QED) is 0.782. The van der Waals surface area contributed by atoms with Gasteiger partial charge in [0.25, 0.3) is 0 Å². The maximum Gasteiger partial charge on any atom is 0.115 e. The van der Waals surface area contributed by atoms with Crippen molar-refractivity contribution in [2.24, 2.45) is 11.1 Å². The predicted octanol–water partition coefficient (Wildman–Crippen LogP) is 2.61. The van der Waals surface area contributed by atoms with Crippen LogP contribution in [0.3, 0.4) is 0 Å². The summed E-state index contributed by atoms with van der Waals surface area (Å²) in [5.41, 5.74) is 6.78. The molecule has 2 atom stereocenters. The number of aliphatic hydroxyl groups is 1. The monoisotopic (exact) mass is 259 g/mol. The number of phenolic OH excluding ortho intramolecular Hbond substituents is 1. The number of rotatable bonds is 3. The fraction of sp³-hybridized carbons (Fsp3) is 0.538. The van der Waals surface area contributed by atoms with Crippen molar-refractivity contribution in [3.63, 3.8) is 0 Å². The van der Waals surface area contributed by atoms with E-state index in [-0.39, 0.29) is 29.6 Å². The molecule has 17 heavy (non-hydrogen) atoms. The molecule has 0 spiro atoms. The van der Waals surface area contributed by atoms with Gasteiger partial charge in [-0.3, -0.25) is 0 Å². The summed E-state index contributed by atoms with van der Waals surface area (Å²) in [6.07, 6.45) is -0.0521. The van der Waals surface area contributed by atoms with E-state index in [1.807, 2.05) is 0 Å². The number of halogens is 1. The number of phenols is 1. The maximum atomic E-state index is 9.98. The molecule has 4 N–H and O–H groups in total. The minimum absolute atomic E-state index is 0. The van der Waals surface area contributed by atoms with Crippen molar-refractivity contribution in [3.8, 4) is 5.75 Å². The molecule has 1 aromatic carbocycles. The molecule has 0 aliphatic heterocycles.